The van der Waals surface area contributed by atoms with Crippen LogP contribution in [0.25, 0.3) is 17.4 Å². The van der Waals surface area contributed by atoms with Crippen molar-refractivity contribution in [3.8, 4) is 11.3 Å². The zero-order chi connectivity index (χ0) is 14.7. The van der Waals surface area contributed by atoms with Gasteiger partial charge in [-0.25, -0.2) is 4.79 Å². The molecule has 1 heterocycles. The first-order valence-corrected chi connectivity index (χ1v) is 5.73. The lowest BCUT2D eigenvalue weighted by Crippen LogP contribution is -1.95. The molecule has 0 spiro atoms. The summed E-state index contributed by atoms with van der Waals surface area (Å²) in [6.45, 7) is 1.37. The van der Waals surface area contributed by atoms with Gasteiger partial charge in [-0.3, -0.25) is 10.1 Å². The van der Waals surface area contributed by atoms with E-state index in [-0.39, 0.29) is 11.3 Å². The quantitative estimate of drug-likeness (QED) is 0.681. The predicted molar refractivity (Wildman–Crippen MR) is 71.7 cm³/mol. The summed E-state index contributed by atoms with van der Waals surface area (Å²) in [7, 11) is 0. The Labute approximate surface area is 114 Å². The third-order valence-electron chi connectivity index (χ3n) is 2.66. The number of carboxylic acids is 1. The first-order chi connectivity index (χ1) is 9.47. The van der Waals surface area contributed by atoms with Gasteiger partial charge in [-0.15, -0.1) is 0 Å². The van der Waals surface area contributed by atoms with Gasteiger partial charge in [0.05, 0.1) is 16.6 Å². The second-order valence-corrected chi connectivity index (χ2v) is 4.13. The monoisotopic (exact) mass is 273 g/mol. The van der Waals surface area contributed by atoms with Crippen LogP contribution < -0.4 is 0 Å². The highest BCUT2D eigenvalue weighted by Crippen LogP contribution is 2.24. The molecule has 102 valence electrons. The minimum Gasteiger partial charge on any atom is -0.478 e. The topological polar surface area (TPSA) is 93.6 Å². The molecule has 0 atom stereocenters. The average molecular weight is 273 g/mol. The van der Waals surface area contributed by atoms with Crippen LogP contribution in [-0.2, 0) is 0 Å². The Morgan fingerprint density at radius 2 is 2.10 bits per heavy atom. The summed E-state index contributed by atoms with van der Waals surface area (Å²) < 4.78 is 5.45. The van der Waals surface area contributed by atoms with Crippen LogP contribution in [-0.4, -0.2) is 16.0 Å². The summed E-state index contributed by atoms with van der Waals surface area (Å²) in [5.41, 5.74) is 0.714. The van der Waals surface area contributed by atoms with Crippen molar-refractivity contribution in [3.05, 3.63) is 63.5 Å². The first-order valence-electron chi connectivity index (χ1n) is 5.73. The molecule has 0 unspecified atom stereocenters. The summed E-state index contributed by atoms with van der Waals surface area (Å²) in [5.74, 6) is -0.229. The number of rotatable bonds is 4. The zero-order valence-electron chi connectivity index (χ0n) is 10.6. The number of benzene rings is 1. The molecule has 1 aromatic carbocycles. The highest BCUT2D eigenvalue weighted by Gasteiger charge is 2.09. The third-order valence-corrected chi connectivity index (χ3v) is 2.66. The summed E-state index contributed by atoms with van der Waals surface area (Å²) in [4.78, 5) is 20.9. The molecule has 20 heavy (non-hydrogen) atoms. The maximum atomic E-state index is 10.9. The predicted octanol–water partition coefficient (Wildman–Crippen LogP) is 3.28. The summed E-state index contributed by atoms with van der Waals surface area (Å²) in [6, 6.07) is 9.51. The van der Waals surface area contributed by atoms with Gasteiger partial charge in [-0.2, -0.15) is 0 Å². The molecule has 1 aromatic heterocycles. The second-order valence-electron chi connectivity index (χ2n) is 4.13. The lowest BCUT2D eigenvalue weighted by atomic mass is 10.1. The Morgan fingerprint density at radius 1 is 1.35 bits per heavy atom. The fraction of sp³-hybridized carbons (Fsp3) is 0.0714. The number of hydrogen-bond donors (Lipinski definition) is 1. The molecule has 1 N–H and O–H groups in total. The molecule has 6 heteroatoms. The number of nitrogens with zero attached hydrogens (tertiary/aromatic N) is 1. The highest BCUT2D eigenvalue weighted by molar-refractivity contribution is 5.89. The van der Waals surface area contributed by atoms with E-state index in [1.165, 1.54) is 25.1 Å². The molecule has 2 aromatic rings. The van der Waals surface area contributed by atoms with Crippen molar-refractivity contribution in [2.24, 2.45) is 0 Å². The number of carbonyl (C=O) groups is 1. The fourth-order valence-corrected chi connectivity index (χ4v) is 1.65. The van der Waals surface area contributed by atoms with Crippen LogP contribution in [0.15, 0.2) is 46.5 Å². The van der Waals surface area contributed by atoms with Gasteiger partial charge < -0.3 is 9.52 Å². The Hall–Kier alpha value is -2.89. The van der Waals surface area contributed by atoms with Crippen LogP contribution in [0.4, 0.5) is 0 Å². The van der Waals surface area contributed by atoms with Gasteiger partial charge in [-0.1, -0.05) is 12.1 Å². The minimum atomic E-state index is -1.03. The first kappa shape index (κ1) is 13.5. The van der Waals surface area contributed by atoms with Crippen LogP contribution in [0.5, 0.6) is 0 Å². The van der Waals surface area contributed by atoms with Crippen LogP contribution in [0.3, 0.4) is 0 Å². The van der Waals surface area contributed by atoms with Crippen molar-refractivity contribution in [3.63, 3.8) is 0 Å². The van der Waals surface area contributed by atoms with Crippen LogP contribution in [0.2, 0.25) is 0 Å². The highest BCUT2D eigenvalue weighted by atomic mass is 16.6. The molecule has 0 radical (unpaired) electrons. The van der Waals surface area contributed by atoms with E-state index in [1.54, 1.807) is 24.3 Å². The maximum absolute atomic E-state index is 10.9. The van der Waals surface area contributed by atoms with Crippen molar-refractivity contribution in [1.29, 1.82) is 0 Å². The number of nitro groups is 1. The van der Waals surface area contributed by atoms with Crippen LogP contribution >= 0.6 is 0 Å². The van der Waals surface area contributed by atoms with Gasteiger partial charge >= 0.3 is 5.97 Å². The van der Waals surface area contributed by atoms with Gasteiger partial charge in [0.2, 0.25) is 5.70 Å². The number of hydrogen-bond acceptors (Lipinski definition) is 4. The third kappa shape index (κ3) is 2.92. The second kappa shape index (κ2) is 5.40. The maximum Gasteiger partial charge on any atom is 0.335 e. The van der Waals surface area contributed by atoms with Gasteiger partial charge in [0, 0.05) is 12.5 Å². The van der Waals surface area contributed by atoms with E-state index in [2.05, 4.69) is 0 Å². The Morgan fingerprint density at radius 3 is 2.75 bits per heavy atom. The molecular formula is C14H11NO5. The number of carboxylic acid groups (broad SMARTS) is 1. The van der Waals surface area contributed by atoms with Gasteiger partial charge in [-0.05, 0) is 24.3 Å². The Kier molecular flexibility index (Phi) is 3.65. The SMILES string of the molecule is CC(=Cc1ccc(-c2cccc(C(=O)O)c2)o1)[N+](=O)[O-]. The summed E-state index contributed by atoms with van der Waals surface area (Å²) >= 11 is 0. The molecular weight excluding hydrogens is 262 g/mol. The molecule has 0 saturated heterocycles. The number of furan rings is 1. The Bertz CT molecular complexity index is 699. The van der Waals surface area contributed by atoms with Crippen molar-refractivity contribution in [2.75, 3.05) is 0 Å². The summed E-state index contributed by atoms with van der Waals surface area (Å²) in [5, 5.41) is 19.5. The molecule has 0 aliphatic heterocycles. The molecule has 6 nitrogen and oxygen atoms in total. The smallest absolute Gasteiger partial charge is 0.335 e. The molecule has 0 fully saturated rings. The van der Waals surface area contributed by atoms with E-state index in [9.17, 15) is 14.9 Å². The van der Waals surface area contributed by atoms with Crippen molar-refractivity contribution >= 4 is 12.0 Å². The molecule has 2 rings (SSSR count). The van der Waals surface area contributed by atoms with E-state index < -0.39 is 10.9 Å². The standard InChI is InChI=1S/C14H11NO5/c1-9(15(18)19)7-12-5-6-13(20-12)10-3-2-4-11(8-10)14(16)17/h2-8H,1H3,(H,16,17). The lowest BCUT2D eigenvalue weighted by molar-refractivity contribution is -0.422. The number of aromatic carboxylic acids is 1. The zero-order valence-corrected chi connectivity index (χ0v) is 10.6. The van der Waals surface area contributed by atoms with Crippen LogP contribution in [0.1, 0.15) is 23.0 Å². The van der Waals surface area contributed by atoms with Crippen molar-refractivity contribution in [2.45, 2.75) is 6.92 Å². The largest absolute Gasteiger partial charge is 0.478 e. The van der Waals surface area contributed by atoms with E-state index in [0.29, 0.717) is 17.1 Å². The molecule has 0 aliphatic carbocycles. The summed E-state index contributed by atoms with van der Waals surface area (Å²) in [6.07, 6.45) is 1.31. The van der Waals surface area contributed by atoms with Crippen molar-refractivity contribution in [1.82, 2.24) is 0 Å². The molecule has 0 amide bonds. The average Bonchev–Trinajstić information content (AvgIpc) is 2.87. The van der Waals surface area contributed by atoms with Gasteiger partial charge in [0.1, 0.15) is 11.5 Å². The van der Waals surface area contributed by atoms with E-state index in [1.807, 2.05) is 0 Å². The van der Waals surface area contributed by atoms with Crippen molar-refractivity contribution < 1.29 is 19.2 Å². The fourth-order valence-electron chi connectivity index (χ4n) is 1.65. The Balaban J connectivity index is 2.34. The van der Waals surface area contributed by atoms with Gasteiger partial charge in [0.25, 0.3) is 0 Å². The van der Waals surface area contributed by atoms with E-state index in [0.717, 1.165) is 0 Å². The molecule has 0 aliphatic rings. The molecule has 0 saturated carbocycles. The lowest BCUT2D eigenvalue weighted by Gasteiger charge is -1.98. The van der Waals surface area contributed by atoms with E-state index in [4.69, 9.17) is 9.52 Å². The minimum absolute atomic E-state index is 0.0369. The number of allylic oxidation sites excluding steroid dienone is 1. The molecule has 0 bridgehead atoms. The normalized spacial score (nSPS) is 11.3. The van der Waals surface area contributed by atoms with Crippen LogP contribution in [0, 0.1) is 10.1 Å². The van der Waals surface area contributed by atoms with Gasteiger partial charge in [0.15, 0.2) is 0 Å². The van der Waals surface area contributed by atoms with E-state index >= 15 is 0 Å².